The van der Waals surface area contributed by atoms with Crippen molar-refractivity contribution in [3.63, 3.8) is 0 Å². The van der Waals surface area contributed by atoms with Gasteiger partial charge in [-0.15, -0.1) is 22.0 Å². The number of carbonyl (C=O) groups is 1. The van der Waals surface area contributed by atoms with E-state index in [1.165, 1.54) is 11.3 Å². The Morgan fingerprint density at radius 2 is 2.53 bits per heavy atom. The van der Waals surface area contributed by atoms with Gasteiger partial charge in [-0.3, -0.25) is 10.1 Å². The maximum Gasteiger partial charge on any atom is 0.239 e. The number of hydrogen-bond acceptors (Lipinski definition) is 5. The Morgan fingerprint density at radius 3 is 3.13 bits per heavy atom. The molecule has 1 unspecified atom stereocenters. The van der Waals surface area contributed by atoms with E-state index >= 15 is 0 Å². The number of rotatable bonds is 6. The van der Waals surface area contributed by atoms with Crippen molar-refractivity contribution in [1.29, 1.82) is 0 Å². The van der Waals surface area contributed by atoms with E-state index in [0.29, 0.717) is 5.13 Å². The molecule has 0 spiro atoms. The molecule has 0 aliphatic rings. The van der Waals surface area contributed by atoms with Crippen LogP contribution in [0.1, 0.15) is 26.7 Å². The number of amides is 1. The zero-order valence-electron chi connectivity index (χ0n) is 8.90. The van der Waals surface area contributed by atoms with Crippen molar-refractivity contribution in [2.45, 2.75) is 31.9 Å². The summed E-state index contributed by atoms with van der Waals surface area (Å²) in [5.74, 6) is 1.04. The smallest absolute Gasteiger partial charge is 0.239 e. The molecule has 4 nitrogen and oxygen atoms in total. The summed E-state index contributed by atoms with van der Waals surface area (Å²) in [7, 11) is 0. The molecular formula is C9H15N3OS2. The van der Waals surface area contributed by atoms with Crippen LogP contribution in [0.2, 0.25) is 0 Å². The molecule has 6 heteroatoms. The van der Waals surface area contributed by atoms with Crippen molar-refractivity contribution < 1.29 is 4.79 Å². The van der Waals surface area contributed by atoms with E-state index in [-0.39, 0.29) is 11.2 Å². The van der Waals surface area contributed by atoms with Crippen LogP contribution < -0.4 is 5.32 Å². The van der Waals surface area contributed by atoms with Crippen LogP contribution in [0.25, 0.3) is 0 Å². The van der Waals surface area contributed by atoms with Gasteiger partial charge in [0.2, 0.25) is 11.0 Å². The Morgan fingerprint density at radius 1 is 1.73 bits per heavy atom. The lowest BCUT2D eigenvalue weighted by Gasteiger charge is -2.09. The van der Waals surface area contributed by atoms with Crippen molar-refractivity contribution in [3.05, 3.63) is 5.51 Å². The van der Waals surface area contributed by atoms with Gasteiger partial charge in [0.1, 0.15) is 5.51 Å². The van der Waals surface area contributed by atoms with Crippen molar-refractivity contribution in [3.8, 4) is 0 Å². The molecule has 1 aromatic rings. The van der Waals surface area contributed by atoms with Crippen LogP contribution >= 0.6 is 23.1 Å². The standard InChI is InChI=1S/C9H15N3OS2/c1-3-4-5-14-7(2)8(13)11-9-12-10-6-15-9/h6-7H,3-5H2,1-2H3,(H,11,12,13). The Balaban J connectivity index is 2.27. The number of nitrogens with one attached hydrogen (secondary N) is 1. The van der Waals surface area contributed by atoms with E-state index in [0.717, 1.165) is 18.6 Å². The Bertz CT molecular complexity index is 290. The van der Waals surface area contributed by atoms with Crippen molar-refractivity contribution >= 4 is 34.1 Å². The molecule has 1 N–H and O–H groups in total. The summed E-state index contributed by atoms with van der Waals surface area (Å²) in [4.78, 5) is 11.6. The summed E-state index contributed by atoms with van der Waals surface area (Å²) in [5, 5.41) is 10.7. The fraction of sp³-hybridized carbons (Fsp3) is 0.667. The first-order valence-corrected chi connectivity index (χ1v) is 6.85. The first-order chi connectivity index (χ1) is 7.24. The summed E-state index contributed by atoms with van der Waals surface area (Å²) < 4.78 is 0. The van der Waals surface area contributed by atoms with E-state index in [9.17, 15) is 4.79 Å². The van der Waals surface area contributed by atoms with Gasteiger partial charge in [0.05, 0.1) is 5.25 Å². The largest absolute Gasteiger partial charge is 0.300 e. The summed E-state index contributed by atoms with van der Waals surface area (Å²) >= 11 is 3.01. The van der Waals surface area contributed by atoms with Crippen LogP contribution in [0.15, 0.2) is 5.51 Å². The zero-order valence-corrected chi connectivity index (χ0v) is 10.5. The Kier molecular flexibility index (Phi) is 5.63. The molecule has 0 fully saturated rings. The van der Waals surface area contributed by atoms with Crippen molar-refractivity contribution in [2.75, 3.05) is 11.1 Å². The molecule has 15 heavy (non-hydrogen) atoms. The molecule has 0 saturated heterocycles. The Hall–Kier alpha value is -0.620. The number of carbonyl (C=O) groups excluding carboxylic acids is 1. The molecule has 1 aromatic heterocycles. The van der Waals surface area contributed by atoms with Crippen LogP contribution in [0, 0.1) is 0 Å². The van der Waals surface area contributed by atoms with E-state index in [4.69, 9.17) is 0 Å². The second-order valence-electron chi connectivity index (χ2n) is 3.10. The second-order valence-corrected chi connectivity index (χ2v) is 5.38. The highest BCUT2D eigenvalue weighted by Crippen LogP contribution is 2.16. The van der Waals surface area contributed by atoms with Crippen LogP contribution in [0.3, 0.4) is 0 Å². The van der Waals surface area contributed by atoms with Gasteiger partial charge in [0.15, 0.2) is 0 Å². The molecule has 0 aliphatic carbocycles. The minimum absolute atomic E-state index is 0.00727. The lowest BCUT2D eigenvalue weighted by atomic mass is 10.4. The molecule has 0 aromatic carbocycles. The molecule has 1 rings (SSSR count). The maximum atomic E-state index is 11.6. The number of aromatic nitrogens is 2. The minimum Gasteiger partial charge on any atom is -0.300 e. The lowest BCUT2D eigenvalue weighted by Crippen LogP contribution is -2.22. The zero-order chi connectivity index (χ0) is 11.1. The van der Waals surface area contributed by atoms with E-state index in [1.807, 2.05) is 6.92 Å². The summed E-state index contributed by atoms with van der Waals surface area (Å²) in [6.45, 7) is 4.06. The van der Waals surface area contributed by atoms with Crippen molar-refractivity contribution in [1.82, 2.24) is 10.2 Å². The van der Waals surface area contributed by atoms with Crippen LogP contribution in [0.5, 0.6) is 0 Å². The molecule has 0 radical (unpaired) electrons. The normalized spacial score (nSPS) is 12.4. The van der Waals surface area contributed by atoms with E-state index in [2.05, 4.69) is 22.4 Å². The average Bonchev–Trinajstić information content (AvgIpc) is 2.70. The van der Waals surface area contributed by atoms with Gasteiger partial charge in [-0.1, -0.05) is 24.7 Å². The monoisotopic (exact) mass is 245 g/mol. The van der Waals surface area contributed by atoms with E-state index in [1.54, 1.807) is 17.3 Å². The molecular weight excluding hydrogens is 230 g/mol. The molecule has 84 valence electrons. The third-order valence-corrected chi connectivity index (χ3v) is 3.67. The molecule has 0 bridgehead atoms. The topological polar surface area (TPSA) is 54.9 Å². The maximum absolute atomic E-state index is 11.6. The van der Waals surface area contributed by atoms with Gasteiger partial charge in [-0.05, 0) is 19.1 Å². The molecule has 0 saturated carbocycles. The highest BCUT2D eigenvalue weighted by atomic mass is 32.2. The van der Waals surface area contributed by atoms with Gasteiger partial charge in [-0.2, -0.15) is 0 Å². The van der Waals surface area contributed by atoms with Crippen LogP contribution in [-0.2, 0) is 4.79 Å². The molecule has 1 heterocycles. The number of unbranched alkanes of at least 4 members (excludes halogenated alkanes) is 1. The van der Waals surface area contributed by atoms with Gasteiger partial charge >= 0.3 is 0 Å². The van der Waals surface area contributed by atoms with Crippen molar-refractivity contribution in [2.24, 2.45) is 0 Å². The Labute approximate surface area is 97.9 Å². The highest BCUT2D eigenvalue weighted by Gasteiger charge is 2.13. The quantitative estimate of drug-likeness (QED) is 0.782. The highest BCUT2D eigenvalue weighted by molar-refractivity contribution is 8.00. The first-order valence-electron chi connectivity index (χ1n) is 4.92. The molecule has 0 aliphatic heterocycles. The lowest BCUT2D eigenvalue weighted by molar-refractivity contribution is -0.115. The third-order valence-electron chi connectivity index (χ3n) is 1.83. The molecule has 1 amide bonds. The number of anilines is 1. The number of nitrogens with zero attached hydrogens (tertiary/aromatic N) is 2. The second kappa shape index (κ2) is 6.79. The summed E-state index contributed by atoms with van der Waals surface area (Å²) in [6.07, 6.45) is 2.32. The fourth-order valence-corrected chi connectivity index (χ4v) is 2.38. The number of hydrogen-bond donors (Lipinski definition) is 1. The van der Waals surface area contributed by atoms with Gasteiger partial charge in [-0.25, -0.2) is 0 Å². The fourth-order valence-electron chi connectivity index (χ4n) is 0.915. The number of thioether (sulfide) groups is 1. The van der Waals surface area contributed by atoms with Gasteiger partial charge in [0, 0.05) is 0 Å². The van der Waals surface area contributed by atoms with Crippen LogP contribution in [-0.4, -0.2) is 27.1 Å². The minimum atomic E-state index is -0.0274. The predicted molar refractivity (Wildman–Crippen MR) is 65.4 cm³/mol. The average molecular weight is 245 g/mol. The summed E-state index contributed by atoms with van der Waals surface area (Å²) in [5.41, 5.74) is 1.60. The van der Waals surface area contributed by atoms with Gasteiger partial charge < -0.3 is 0 Å². The third kappa shape index (κ3) is 4.61. The van der Waals surface area contributed by atoms with Crippen LogP contribution in [0.4, 0.5) is 5.13 Å². The SMILES string of the molecule is CCCCSC(C)C(=O)Nc1nncs1. The summed E-state index contributed by atoms with van der Waals surface area (Å²) in [6, 6.07) is 0. The predicted octanol–water partition coefficient (Wildman–Crippen LogP) is 2.40. The molecule has 1 atom stereocenters. The van der Waals surface area contributed by atoms with Gasteiger partial charge in [0.25, 0.3) is 0 Å². The first kappa shape index (κ1) is 12.4. The van der Waals surface area contributed by atoms with E-state index < -0.39 is 0 Å².